The second-order valence-corrected chi connectivity index (χ2v) is 10.8. The monoisotopic (exact) mass is 510 g/mol. The minimum atomic E-state index is -0.474. The molecule has 0 radical (unpaired) electrons. The van der Waals surface area contributed by atoms with Crippen molar-refractivity contribution in [1.29, 1.82) is 0 Å². The summed E-state index contributed by atoms with van der Waals surface area (Å²) in [6.07, 6.45) is 6.84. The number of rotatable bonds is 4. The maximum Gasteiger partial charge on any atom is 0.337 e. The van der Waals surface area contributed by atoms with E-state index >= 15 is 0 Å². The number of aromatic nitrogens is 1. The summed E-state index contributed by atoms with van der Waals surface area (Å²) in [5.41, 5.74) is 5.80. The number of H-pyrrole nitrogens is 1. The Morgan fingerprint density at radius 3 is 2.66 bits per heavy atom. The van der Waals surface area contributed by atoms with E-state index in [0.29, 0.717) is 24.0 Å². The van der Waals surface area contributed by atoms with Crippen LogP contribution in [0.5, 0.6) is 11.5 Å². The number of carbonyl (C=O) groups is 2. The van der Waals surface area contributed by atoms with E-state index < -0.39 is 5.92 Å². The molecule has 3 heterocycles. The van der Waals surface area contributed by atoms with Crippen LogP contribution in [0.4, 0.5) is 0 Å². The molecule has 3 aromatic rings. The number of esters is 1. The van der Waals surface area contributed by atoms with Gasteiger partial charge in [0.1, 0.15) is 6.10 Å². The third-order valence-corrected chi connectivity index (χ3v) is 8.40. The van der Waals surface area contributed by atoms with E-state index in [1.807, 2.05) is 49.5 Å². The minimum absolute atomic E-state index is 0.00887. The molecule has 0 spiro atoms. The zero-order chi connectivity index (χ0) is 25.8. The Kier molecular flexibility index (Phi) is 5.53. The van der Waals surface area contributed by atoms with Gasteiger partial charge in [-0.25, -0.2) is 4.79 Å². The summed E-state index contributed by atoms with van der Waals surface area (Å²) < 4.78 is 17.0. The average Bonchev–Trinajstić information content (AvgIpc) is 3.68. The van der Waals surface area contributed by atoms with Crippen LogP contribution in [0.3, 0.4) is 0 Å². The van der Waals surface area contributed by atoms with Crippen LogP contribution < -0.4 is 14.8 Å². The molecule has 2 aliphatic carbocycles. The smallest absolute Gasteiger partial charge is 0.337 e. The Morgan fingerprint density at radius 2 is 1.79 bits per heavy atom. The van der Waals surface area contributed by atoms with Gasteiger partial charge in [0, 0.05) is 41.0 Å². The first kappa shape index (κ1) is 23.1. The van der Waals surface area contributed by atoms with Crippen molar-refractivity contribution in [3.05, 3.63) is 82.3 Å². The van der Waals surface area contributed by atoms with Crippen LogP contribution in [0, 0.1) is 0 Å². The van der Waals surface area contributed by atoms with E-state index in [1.165, 1.54) is 0 Å². The van der Waals surface area contributed by atoms with Crippen molar-refractivity contribution in [2.24, 2.45) is 0 Å². The molecule has 0 amide bonds. The SMILES string of the molecule is CC1=C(C(=O)OC2CCCC2)C(c2ccc3cc[nH]c3c2)C2=C(CC(c3ccc4c(c3)OCO4)CC2=O)N1. The molecule has 2 unspecified atom stereocenters. The number of carbonyl (C=O) groups excluding carboxylic acids is 2. The fourth-order valence-corrected chi connectivity index (χ4v) is 6.51. The van der Waals surface area contributed by atoms with Gasteiger partial charge in [-0.3, -0.25) is 4.79 Å². The van der Waals surface area contributed by atoms with E-state index in [2.05, 4.69) is 16.4 Å². The fourth-order valence-electron chi connectivity index (χ4n) is 6.51. The molecule has 0 saturated heterocycles. The van der Waals surface area contributed by atoms with Crippen LogP contribution in [-0.4, -0.2) is 29.6 Å². The molecule has 194 valence electrons. The zero-order valence-corrected chi connectivity index (χ0v) is 21.3. The van der Waals surface area contributed by atoms with Gasteiger partial charge in [-0.1, -0.05) is 18.2 Å². The van der Waals surface area contributed by atoms with Gasteiger partial charge < -0.3 is 24.5 Å². The quantitative estimate of drug-likeness (QED) is 0.435. The first-order valence-corrected chi connectivity index (χ1v) is 13.5. The van der Waals surface area contributed by atoms with E-state index in [9.17, 15) is 9.59 Å². The normalized spacial score (nSPS) is 23.1. The molecule has 4 aliphatic rings. The van der Waals surface area contributed by atoms with Gasteiger partial charge >= 0.3 is 5.97 Å². The van der Waals surface area contributed by atoms with Gasteiger partial charge in [0.15, 0.2) is 17.3 Å². The number of Topliss-reactive ketones (excluding diaryl/α,β-unsaturated/α-hetero) is 1. The molecule has 7 rings (SSSR count). The van der Waals surface area contributed by atoms with Gasteiger partial charge in [0.25, 0.3) is 0 Å². The number of hydrogen-bond acceptors (Lipinski definition) is 6. The number of ketones is 1. The summed E-state index contributed by atoms with van der Waals surface area (Å²) in [6, 6.07) is 14.1. The van der Waals surface area contributed by atoms with E-state index in [0.717, 1.165) is 70.6 Å². The number of ether oxygens (including phenoxy) is 3. The molecule has 7 nitrogen and oxygen atoms in total. The van der Waals surface area contributed by atoms with Gasteiger partial charge in [-0.2, -0.15) is 0 Å². The second-order valence-electron chi connectivity index (χ2n) is 10.8. The van der Waals surface area contributed by atoms with Gasteiger partial charge in [0.05, 0.1) is 5.57 Å². The largest absolute Gasteiger partial charge is 0.459 e. The summed E-state index contributed by atoms with van der Waals surface area (Å²) in [6.45, 7) is 2.14. The number of fused-ring (bicyclic) bond motifs is 2. The van der Waals surface area contributed by atoms with Crippen molar-refractivity contribution in [3.63, 3.8) is 0 Å². The van der Waals surface area contributed by atoms with Gasteiger partial charge in [-0.05, 0) is 85.7 Å². The Morgan fingerprint density at radius 1 is 0.974 bits per heavy atom. The second kappa shape index (κ2) is 9.08. The lowest BCUT2D eigenvalue weighted by Crippen LogP contribution is -2.36. The van der Waals surface area contributed by atoms with Crippen LogP contribution in [0.2, 0.25) is 0 Å². The molecule has 2 aromatic carbocycles. The topological polar surface area (TPSA) is 89.7 Å². The molecule has 2 N–H and O–H groups in total. The molecule has 2 atom stereocenters. The number of allylic oxidation sites excluding steroid dienone is 3. The summed E-state index contributed by atoms with van der Waals surface area (Å²) in [5.74, 6) is 0.715. The number of dihydropyridines is 1. The number of hydrogen-bond donors (Lipinski definition) is 2. The van der Waals surface area contributed by atoms with E-state index in [4.69, 9.17) is 14.2 Å². The Hall–Kier alpha value is -4.00. The van der Waals surface area contributed by atoms with Crippen molar-refractivity contribution in [2.45, 2.75) is 63.4 Å². The first-order valence-electron chi connectivity index (χ1n) is 13.5. The highest BCUT2D eigenvalue weighted by Crippen LogP contribution is 2.47. The van der Waals surface area contributed by atoms with E-state index in [1.54, 1.807) is 0 Å². The summed E-state index contributed by atoms with van der Waals surface area (Å²) in [5, 5.41) is 4.55. The molecule has 7 heteroatoms. The molecular formula is C31H30N2O5. The van der Waals surface area contributed by atoms with Crippen LogP contribution in [0.15, 0.2) is 71.2 Å². The third kappa shape index (κ3) is 3.88. The highest BCUT2D eigenvalue weighted by molar-refractivity contribution is 6.04. The fraction of sp³-hybridized carbons (Fsp3) is 0.355. The average molecular weight is 511 g/mol. The van der Waals surface area contributed by atoms with Crippen LogP contribution in [-0.2, 0) is 14.3 Å². The zero-order valence-electron chi connectivity index (χ0n) is 21.3. The number of nitrogens with one attached hydrogen (secondary N) is 2. The van der Waals surface area contributed by atoms with Crippen LogP contribution >= 0.6 is 0 Å². The van der Waals surface area contributed by atoms with E-state index in [-0.39, 0.29) is 30.6 Å². The number of aromatic amines is 1. The van der Waals surface area contributed by atoms with Crippen molar-refractivity contribution in [3.8, 4) is 11.5 Å². The molecule has 2 aliphatic heterocycles. The Bertz CT molecular complexity index is 1520. The lowest BCUT2D eigenvalue weighted by atomic mass is 9.71. The number of benzene rings is 2. The Balaban J connectivity index is 1.28. The molecule has 1 aromatic heterocycles. The maximum atomic E-state index is 13.9. The molecular weight excluding hydrogens is 480 g/mol. The predicted molar refractivity (Wildman–Crippen MR) is 142 cm³/mol. The van der Waals surface area contributed by atoms with Crippen LogP contribution in [0.25, 0.3) is 10.9 Å². The molecule has 38 heavy (non-hydrogen) atoms. The van der Waals surface area contributed by atoms with Crippen molar-refractivity contribution in [2.75, 3.05) is 6.79 Å². The van der Waals surface area contributed by atoms with Crippen molar-refractivity contribution >= 4 is 22.7 Å². The lowest BCUT2D eigenvalue weighted by Gasteiger charge is -2.37. The third-order valence-electron chi connectivity index (χ3n) is 8.40. The van der Waals surface area contributed by atoms with Crippen molar-refractivity contribution in [1.82, 2.24) is 10.3 Å². The highest BCUT2D eigenvalue weighted by atomic mass is 16.7. The minimum Gasteiger partial charge on any atom is -0.459 e. The molecule has 1 fully saturated rings. The predicted octanol–water partition coefficient (Wildman–Crippen LogP) is 5.74. The van der Waals surface area contributed by atoms with Gasteiger partial charge in [-0.15, -0.1) is 0 Å². The molecule has 0 bridgehead atoms. The summed E-state index contributed by atoms with van der Waals surface area (Å²) in [7, 11) is 0. The molecule has 1 saturated carbocycles. The highest BCUT2D eigenvalue weighted by Gasteiger charge is 2.42. The Labute approximate surface area is 220 Å². The summed E-state index contributed by atoms with van der Waals surface area (Å²) >= 11 is 0. The summed E-state index contributed by atoms with van der Waals surface area (Å²) in [4.78, 5) is 30.9. The van der Waals surface area contributed by atoms with Gasteiger partial charge in [0.2, 0.25) is 6.79 Å². The standard InChI is InChI=1S/C31H30N2O5/c1-17-28(31(35)38-22-4-2-3-5-22)29(20-7-6-18-10-11-32-23(18)12-20)30-24(33-17)13-21(14-25(30)34)19-8-9-26-27(15-19)37-16-36-26/h6-12,15,21-22,29,32-33H,2-5,13-14,16H2,1H3. The lowest BCUT2D eigenvalue weighted by molar-refractivity contribution is -0.144. The van der Waals surface area contributed by atoms with Crippen LogP contribution in [0.1, 0.15) is 68.4 Å². The maximum absolute atomic E-state index is 13.9. The van der Waals surface area contributed by atoms with Crippen molar-refractivity contribution < 1.29 is 23.8 Å². The first-order chi connectivity index (χ1) is 18.5.